The van der Waals surface area contributed by atoms with E-state index in [1.165, 1.54) is 11.3 Å². The van der Waals surface area contributed by atoms with E-state index in [0.29, 0.717) is 5.13 Å². The van der Waals surface area contributed by atoms with E-state index in [-0.39, 0.29) is 11.6 Å². The van der Waals surface area contributed by atoms with Crippen molar-refractivity contribution in [1.82, 2.24) is 10.3 Å². The SMILES string of the molecule is Cc1nc(NC(=O)NC(C)(C)C)sc1C. The molecule has 0 unspecified atom stereocenters. The quantitative estimate of drug-likeness (QED) is 0.775. The predicted octanol–water partition coefficient (Wildman–Crippen LogP) is 2.68. The van der Waals surface area contributed by atoms with Crippen molar-refractivity contribution in [3.63, 3.8) is 0 Å². The summed E-state index contributed by atoms with van der Waals surface area (Å²) in [6.45, 7) is 9.72. The number of nitrogens with zero attached hydrogens (tertiary/aromatic N) is 1. The first-order valence-corrected chi connectivity index (χ1v) is 5.63. The van der Waals surface area contributed by atoms with Crippen LogP contribution in [-0.2, 0) is 0 Å². The molecule has 2 N–H and O–H groups in total. The summed E-state index contributed by atoms with van der Waals surface area (Å²) in [5, 5.41) is 6.18. The molecule has 4 nitrogen and oxygen atoms in total. The normalized spacial score (nSPS) is 11.3. The molecule has 1 heterocycles. The van der Waals surface area contributed by atoms with Gasteiger partial charge in [0.05, 0.1) is 5.69 Å². The molecule has 0 saturated heterocycles. The number of hydrogen-bond donors (Lipinski definition) is 2. The summed E-state index contributed by atoms with van der Waals surface area (Å²) in [5.74, 6) is 0. The first kappa shape index (κ1) is 12.0. The molecule has 0 atom stereocenters. The fraction of sp³-hybridized carbons (Fsp3) is 0.600. The maximum absolute atomic E-state index is 11.5. The lowest BCUT2D eigenvalue weighted by Gasteiger charge is -2.20. The molecule has 5 heteroatoms. The Kier molecular flexibility index (Phi) is 3.34. The molecule has 0 fully saturated rings. The molecule has 0 saturated carbocycles. The Labute approximate surface area is 94.1 Å². The van der Waals surface area contributed by atoms with Crippen molar-refractivity contribution in [3.05, 3.63) is 10.6 Å². The summed E-state index contributed by atoms with van der Waals surface area (Å²) in [6, 6.07) is -0.212. The number of carbonyl (C=O) groups excluding carboxylic acids is 1. The van der Waals surface area contributed by atoms with Gasteiger partial charge in [0.1, 0.15) is 0 Å². The second-order valence-corrected chi connectivity index (χ2v) is 5.69. The van der Waals surface area contributed by atoms with Gasteiger partial charge in [0.2, 0.25) is 0 Å². The van der Waals surface area contributed by atoms with Gasteiger partial charge in [0, 0.05) is 10.4 Å². The number of amides is 2. The zero-order valence-corrected chi connectivity index (χ0v) is 10.6. The number of aromatic nitrogens is 1. The number of aryl methyl sites for hydroxylation is 2. The smallest absolute Gasteiger partial charge is 0.321 e. The van der Waals surface area contributed by atoms with Crippen molar-refractivity contribution < 1.29 is 4.79 Å². The second kappa shape index (κ2) is 4.18. The van der Waals surface area contributed by atoms with E-state index >= 15 is 0 Å². The Hall–Kier alpha value is -1.10. The van der Waals surface area contributed by atoms with Gasteiger partial charge < -0.3 is 5.32 Å². The summed E-state index contributed by atoms with van der Waals surface area (Å²) in [7, 11) is 0. The number of hydrogen-bond acceptors (Lipinski definition) is 3. The Morgan fingerprint density at radius 2 is 1.93 bits per heavy atom. The van der Waals surface area contributed by atoms with E-state index in [1.807, 2.05) is 34.6 Å². The first-order valence-electron chi connectivity index (χ1n) is 4.81. The van der Waals surface area contributed by atoms with Crippen LogP contribution in [0.5, 0.6) is 0 Å². The van der Waals surface area contributed by atoms with E-state index in [0.717, 1.165) is 10.6 Å². The van der Waals surface area contributed by atoms with Crippen molar-refractivity contribution in [2.45, 2.75) is 40.2 Å². The van der Waals surface area contributed by atoms with Gasteiger partial charge in [-0.25, -0.2) is 9.78 Å². The van der Waals surface area contributed by atoms with E-state index in [2.05, 4.69) is 15.6 Å². The first-order chi connectivity index (χ1) is 6.78. The highest BCUT2D eigenvalue weighted by Gasteiger charge is 2.14. The molecule has 15 heavy (non-hydrogen) atoms. The second-order valence-electron chi connectivity index (χ2n) is 4.49. The summed E-state index contributed by atoms with van der Waals surface area (Å²) >= 11 is 1.49. The maximum Gasteiger partial charge on any atom is 0.321 e. The van der Waals surface area contributed by atoms with E-state index in [4.69, 9.17) is 0 Å². The molecule has 0 radical (unpaired) electrons. The molecule has 0 aliphatic rings. The van der Waals surface area contributed by atoms with Crippen LogP contribution in [0.2, 0.25) is 0 Å². The van der Waals surface area contributed by atoms with Crippen LogP contribution in [0, 0.1) is 13.8 Å². The number of thiazole rings is 1. The zero-order valence-electron chi connectivity index (χ0n) is 9.76. The van der Waals surface area contributed by atoms with Crippen LogP contribution in [0.1, 0.15) is 31.3 Å². The summed E-state index contributed by atoms with van der Waals surface area (Å²) in [6.07, 6.45) is 0. The Morgan fingerprint density at radius 3 is 2.33 bits per heavy atom. The van der Waals surface area contributed by atoms with Gasteiger partial charge in [-0.1, -0.05) is 0 Å². The third-order valence-corrected chi connectivity index (χ3v) is 2.73. The van der Waals surface area contributed by atoms with Crippen molar-refractivity contribution in [1.29, 1.82) is 0 Å². The number of urea groups is 1. The maximum atomic E-state index is 11.5. The molecule has 0 aromatic carbocycles. The fourth-order valence-electron chi connectivity index (χ4n) is 0.995. The van der Waals surface area contributed by atoms with Crippen LogP contribution < -0.4 is 10.6 Å². The molecule has 1 rings (SSSR count). The molecule has 0 aliphatic heterocycles. The van der Waals surface area contributed by atoms with Crippen LogP contribution in [0.3, 0.4) is 0 Å². The molecule has 0 spiro atoms. The minimum Gasteiger partial charge on any atom is -0.333 e. The Morgan fingerprint density at radius 1 is 1.33 bits per heavy atom. The van der Waals surface area contributed by atoms with E-state index in [1.54, 1.807) is 0 Å². The monoisotopic (exact) mass is 227 g/mol. The molecule has 0 bridgehead atoms. The highest BCUT2D eigenvalue weighted by atomic mass is 32.1. The molecule has 1 aromatic rings. The molecular formula is C10H17N3OS. The lowest BCUT2D eigenvalue weighted by atomic mass is 10.1. The van der Waals surface area contributed by atoms with Crippen molar-refractivity contribution in [2.75, 3.05) is 5.32 Å². The standard InChI is InChI=1S/C10H17N3OS/c1-6-7(2)15-9(11-6)12-8(14)13-10(3,4)5/h1-5H3,(H2,11,12,13,14). The van der Waals surface area contributed by atoms with Gasteiger partial charge in [-0.05, 0) is 34.6 Å². The van der Waals surface area contributed by atoms with Gasteiger partial charge in [0.15, 0.2) is 5.13 Å². The van der Waals surface area contributed by atoms with Crippen LogP contribution in [-0.4, -0.2) is 16.6 Å². The Bertz CT molecular complexity index is 346. The highest BCUT2D eigenvalue weighted by Crippen LogP contribution is 2.20. The van der Waals surface area contributed by atoms with Crippen LogP contribution in [0.25, 0.3) is 0 Å². The minimum atomic E-state index is -0.231. The Balaban J connectivity index is 2.59. The zero-order chi connectivity index (χ0) is 11.6. The third kappa shape index (κ3) is 3.87. The average molecular weight is 227 g/mol. The van der Waals surface area contributed by atoms with Gasteiger partial charge in [-0.2, -0.15) is 0 Å². The molecule has 2 amide bonds. The lowest BCUT2D eigenvalue weighted by Crippen LogP contribution is -2.43. The third-order valence-electron chi connectivity index (χ3n) is 1.74. The van der Waals surface area contributed by atoms with E-state index in [9.17, 15) is 4.79 Å². The fourth-order valence-corrected chi connectivity index (χ4v) is 1.80. The lowest BCUT2D eigenvalue weighted by molar-refractivity contribution is 0.244. The topological polar surface area (TPSA) is 54.0 Å². The van der Waals surface area contributed by atoms with Crippen molar-refractivity contribution >= 4 is 22.5 Å². The number of carbonyl (C=O) groups is 1. The van der Waals surface area contributed by atoms with Gasteiger partial charge in [0.25, 0.3) is 0 Å². The van der Waals surface area contributed by atoms with Crippen LogP contribution >= 0.6 is 11.3 Å². The minimum absolute atomic E-state index is 0.212. The summed E-state index contributed by atoms with van der Waals surface area (Å²) in [4.78, 5) is 16.8. The number of rotatable bonds is 1. The van der Waals surface area contributed by atoms with Gasteiger partial charge in [-0.15, -0.1) is 11.3 Å². The largest absolute Gasteiger partial charge is 0.333 e. The predicted molar refractivity (Wildman–Crippen MR) is 63.5 cm³/mol. The van der Waals surface area contributed by atoms with E-state index < -0.39 is 0 Å². The molecule has 84 valence electrons. The van der Waals surface area contributed by atoms with Crippen LogP contribution in [0.4, 0.5) is 9.93 Å². The van der Waals surface area contributed by atoms with Crippen molar-refractivity contribution in [2.24, 2.45) is 0 Å². The average Bonchev–Trinajstić information content (AvgIpc) is 2.26. The highest BCUT2D eigenvalue weighted by molar-refractivity contribution is 7.15. The van der Waals surface area contributed by atoms with Gasteiger partial charge >= 0.3 is 6.03 Å². The number of nitrogens with one attached hydrogen (secondary N) is 2. The van der Waals surface area contributed by atoms with Crippen LogP contribution in [0.15, 0.2) is 0 Å². The molecular weight excluding hydrogens is 210 g/mol. The molecule has 1 aromatic heterocycles. The number of anilines is 1. The molecule has 0 aliphatic carbocycles. The summed E-state index contributed by atoms with van der Waals surface area (Å²) in [5.41, 5.74) is 0.733. The van der Waals surface area contributed by atoms with Crippen molar-refractivity contribution in [3.8, 4) is 0 Å². The van der Waals surface area contributed by atoms with Gasteiger partial charge in [-0.3, -0.25) is 5.32 Å². The summed E-state index contributed by atoms with van der Waals surface area (Å²) < 4.78 is 0.